The predicted octanol–water partition coefficient (Wildman–Crippen LogP) is 1.70. The fourth-order valence-electron chi connectivity index (χ4n) is 1.39. The van der Waals surface area contributed by atoms with Crippen LogP contribution in [0.5, 0.6) is 6.01 Å². The van der Waals surface area contributed by atoms with E-state index >= 15 is 0 Å². The minimum Gasteiger partial charge on any atom is -0.463 e. The maximum atomic E-state index is 5.45. The van der Waals surface area contributed by atoms with E-state index in [1.807, 2.05) is 13.1 Å². The van der Waals surface area contributed by atoms with Crippen LogP contribution in [0.2, 0.25) is 0 Å². The van der Waals surface area contributed by atoms with Gasteiger partial charge in [0.2, 0.25) is 0 Å². The van der Waals surface area contributed by atoms with Gasteiger partial charge >= 0.3 is 6.01 Å². The summed E-state index contributed by atoms with van der Waals surface area (Å²) in [5.74, 6) is 0. The summed E-state index contributed by atoms with van der Waals surface area (Å²) < 4.78 is 10.4. The van der Waals surface area contributed by atoms with E-state index in [2.05, 4.69) is 29.1 Å². The molecular weight excluding hydrogens is 230 g/mol. The topological polar surface area (TPSA) is 56.3 Å². The molecule has 5 nitrogen and oxygen atoms in total. The molecule has 0 aliphatic rings. The summed E-state index contributed by atoms with van der Waals surface area (Å²) in [5.41, 5.74) is 2.06. The number of ether oxygens (including phenoxy) is 2. The van der Waals surface area contributed by atoms with Crippen molar-refractivity contribution >= 4 is 0 Å². The van der Waals surface area contributed by atoms with Crippen LogP contribution in [0.1, 0.15) is 31.5 Å². The van der Waals surface area contributed by atoms with Gasteiger partial charge in [-0.2, -0.15) is 0 Å². The van der Waals surface area contributed by atoms with E-state index in [4.69, 9.17) is 9.47 Å². The van der Waals surface area contributed by atoms with Crippen LogP contribution in [0.25, 0.3) is 0 Å². The van der Waals surface area contributed by atoms with Gasteiger partial charge in [-0.05, 0) is 6.92 Å². The molecule has 102 valence electrons. The molecule has 1 N–H and O–H groups in total. The molecule has 0 aliphatic heterocycles. The average Bonchev–Trinajstić information content (AvgIpc) is 2.33. The Morgan fingerprint density at radius 2 is 2.11 bits per heavy atom. The summed E-state index contributed by atoms with van der Waals surface area (Å²) >= 11 is 0. The van der Waals surface area contributed by atoms with E-state index in [9.17, 15) is 0 Å². The van der Waals surface area contributed by atoms with Crippen molar-refractivity contribution in [2.24, 2.45) is 0 Å². The third-order valence-corrected chi connectivity index (χ3v) is 2.48. The molecule has 18 heavy (non-hydrogen) atoms. The van der Waals surface area contributed by atoms with Crippen molar-refractivity contribution in [2.75, 3.05) is 20.3 Å². The Morgan fingerprint density at radius 1 is 1.33 bits per heavy atom. The smallest absolute Gasteiger partial charge is 0.316 e. The lowest BCUT2D eigenvalue weighted by atomic mass is 10.2. The van der Waals surface area contributed by atoms with E-state index in [0.29, 0.717) is 25.3 Å². The Labute approximate surface area is 109 Å². The first-order valence-corrected chi connectivity index (χ1v) is 6.31. The lowest BCUT2D eigenvalue weighted by Gasteiger charge is -2.10. The number of hydrogen-bond acceptors (Lipinski definition) is 5. The Kier molecular flexibility index (Phi) is 6.60. The first-order valence-electron chi connectivity index (χ1n) is 6.31. The van der Waals surface area contributed by atoms with Gasteiger partial charge in [-0.15, -0.1) is 0 Å². The molecule has 1 aromatic heterocycles. The maximum absolute atomic E-state index is 5.45. The third kappa shape index (κ3) is 5.42. The normalized spacial score (nSPS) is 10.9. The van der Waals surface area contributed by atoms with Crippen LogP contribution >= 0.6 is 0 Å². The lowest BCUT2D eigenvalue weighted by molar-refractivity contribution is 0.168. The number of methoxy groups -OCH3 is 1. The SMILES string of the molecule is COCCCOc1ncc(CNC(C)C)c(C)n1. The average molecular weight is 253 g/mol. The van der Waals surface area contributed by atoms with Gasteiger partial charge in [-0.1, -0.05) is 13.8 Å². The van der Waals surface area contributed by atoms with Crippen LogP contribution < -0.4 is 10.1 Å². The van der Waals surface area contributed by atoms with Gasteiger partial charge in [-0.3, -0.25) is 0 Å². The van der Waals surface area contributed by atoms with Gasteiger partial charge < -0.3 is 14.8 Å². The molecule has 0 saturated carbocycles. The van der Waals surface area contributed by atoms with Gasteiger partial charge in [0.25, 0.3) is 0 Å². The molecule has 5 heteroatoms. The van der Waals surface area contributed by atoms with E-state index in [1.54, 1.807) is 7.11 Å². The highest BCUT2D eigenvalue weighted by Crippen LogP contribution is 2.09. The van der Waals surface area contributed by atoms with Gasteiger partial charge in [0, 0.05) is 50.2 Å². The van der Waals surface area contributed by atoms with Gasteiger partial charge in [0.05, 0.1) is 6.61 Å². The zero-order valence-electron chi connectivity index (χ0n) is 11.7. The molecule has 1 rings (SSSR count). The Bertz CT molecular complexity index is 356. The van der Waals surface area contributed by atoms with Crippen molar-refractivity contribution in [1.29, 1.82) is 0 Å². The van der Waals surface area contributed by atoms with E-state index < -0.39 is 0 Å². The van der Waals surface area contributed by atoms with Crippen molar-refractivity contribution < 1.29 is 9.47 Å². The minimum atomic E-state index is 0.442. The maximum Gasteiger partial charge on any atom is 0.316 e. The summed E-state index contributed by atoms with van der Waals surface area (Å²) in [5, 5.41) is 3.34. The number of nitrogens with one attached hydrogen (secondary N) is 1. The summed E-state index contributed by atoms with van der Waals surface area (Å²) in [4.78, 5) is 8.54. The molecule has 0 saturated heterocycles. The summed E-state index contributed by atoms with van der Waals surface area (Å²) in [6.45, 7) is 8.26. The van der Waals surface area contributed by atoms with Crippen molar-refractivity contribution in [3.8, 4) is 6.01 Å². The molecule has 1 heterocycles. The second-order valence-corrected chi connectivity index (χ2v) is 4.49. The number of nitrogens with zero attached hydrogens (tertiary/aromatic N) is 2. The quantitative estimate of drug-likeness (QED) is 0.715. The van der Waals surface area contributed by atoms with Gasteiger partial charge in [0.1, 0.15) is 0 Å². The molecule has 0 aromatic carbocycles. The van der Waals surface area contributed by atoms with Crippen molar-refractivity contribution in [3.05, 3.63) is 17.5 Å². The molecule has 1 aromatic rings. The molecule has 0 amide bonds. The highest BCUT2D eigenvalue weighted by Gasteiger charge is 2.04. The second-order valence-electron chi connectivity index (χ2n) is 4.49. The Morgan fingerprint density at radius 3 is 2.72 bits per heavy atom. The first-order chi connectivity index (χ1) is 8.63. The summed E-state index contributed by atoms with van der Waals surface area (Å²) in [7, 11) is 1.68. The Balaban J connectivity index is 2.46. The van der Waals surface area contributed by atoms with Crippen LogP contribution in [0.3, 0.4) is 0 Å². The second kappa shape index (κ2) is 8.00. The molecule has 0 atom stereocenters. The molecule has 0 radical (unpaired) electrons. The van der Waals surface area contributed by atoms with E-state index in [0.717, 1.165) is 24.2 Å². The fourth-order valence-corrected chi connectivity index (χ4v) is 1.39. The molecule has 0 fully saturated rings. The first kappa shape index (κ1) is 14.9. The number of aromatic nitrogens is 2. The summed E-state index contributed by atoms with van der Waals surface area (Å²) in [6, 6.07) is 0.895. The van der Waals surface area contributed by atoms with Crippen LogP contribution in [0, 0.1) is 6.92 Å². The number of rotatable bonds is 8. The zero-order valence-corrected chi connectivity index (χ0v) is 11.7. The van der Waals surface area contributed by atoms with Gasteiger partial charge in [-0.25, -0.2) is 9.97 Å². The standard InChI is InChI=1S/C13H23N3O2/c1-10(2)14-8-12-9-15-13(16-11(12)3)18-7-5-6-17-4/h9-10,14H,5-8H2,1-4H3. The molecule has 0 aliphatic carbocycles. The monoisotopic (exact) mass is 253 g/mol. The highest BCUT2D eigenvalue weighted by atomic mass is 16.5. The molecular formula is C13H23N3O2. The van der Waals surface area contributed by atoms with Gasteiger partial charge in [0.15, 0.2) is 0 Å². The molecule has 0 spiro atoms. The van der Waals surface area contributed by atoms with Crippen LogP contribution in [0.15, 0.2) is 6.20 Å². The van der Waals surface area contributed by atoms with Crippen molar-refractivity contribution in [3.63, 3.8) is 0 Å². The van der Waals surface area contributed by atoms with Crippen LogP contribution in [0.4, 0.5) is 0 Å². The van der Waals surface area contributed by atoms with Crippen LogP contribution in [-0.4, -0.2) is 36.3 Å². The third-order valence-electron chi connectivity index (χ3n) is 2.48. The summed E-state index contributed by atoms with van der Waals surface area (Å²) in [6.07, 6.45) is 2.67. The number of hydrogen-bond donors (Lipinski definition) is 1. The van der Waals surface area contributed by atoms with Crippen LogP contribution in [-0.2, 0) is 11.3 Å². The Hall–Kier alpha value is -1.20. The molecule has 0 unspecified atom stereocenters. The fraction of sp³-hybridized carbons (Fsp3) is 0.692. The lowest BCUT2D eigenvalue weighted by Crippen LogP contribution is -2.22. The van der Waals surface area contributed by atoms with Crippen molar-refractivity contribution in [2.45, 2.75) is 39.8 Å². The zero-order chi connectivity index (χ0) is 13.4. The van der Waals surface area contributed by atoms with E-state index in [1.165, 1.54) is 0 Å². The minimum absolute atomic E-state index is 0.442. The number of aryl methyl sites for hydroxylation is 1. The van der Waals surface area contributed by atoms with Crippen molar-refractivity contribution in [1.82, 2.24) is 15.3 Å². The van der Waals surface area contributed by atoms with E-state index in [-0.39, 0.29) is 0 Å². The highest BCUT2D eigenvalue weighted by molar-refractivity contribution is 5.17. The largest absolute Gasteiger partial charge is 0.463 e. The predicted molar refractivity (Wildman–Crippen MR) is 70.7 cm³/mol. The molecule has 0 bridgehead atoms.